The van der Waals surface area contributed by atoms with Crippen molar-refractivity contribution in [2.45, 2.75) is 46.2 Å². The Morgan fingerprint density at radius 2 is 1.42 bits per heavy atom. The zero-order chi connectivity index (χ0) is 19.6. The van der Waals surface area contributed by atoms with E-state index in [9.17, 15) is 18.0 Å². The fourth-order valence-electron chi connectivity index (χ4n) is 2.03. The monoisotopic (exact) mass is 366 g/mol. The molecule has 5 heteroatoms. The van der Waals surface area contributed by atoms with E-state index in [4.69, 9.17) is 4.74 Å². The molecule has 0 bridgehead atoms. The van der Waals surface area contributed by atoms with Gasteiger partial charge in [0.25, 0.3) is 0 Å². The summed E-state index contributed by atoms with van der Waals surface area (Å²) in [5.41, 5.74) is 2.22. The molecule has 142 valence electrons. The molecule has 0 radical (unpaired) electrons. The number of hydrogen-bond donors (Lipinski definition) is 0. The molecule has 0 amide bonds. The summed E-state index contributed by atoms with van der Waals surface area (Å²) >= 11 is 0. The zero-order valence-electron chi connectivity index (χ0n) is 15.4. The smallest absolute Gasteiger partial charge is 0.416 e. The number of alkyl halides is 3. The summed E-state index contributed by atoms with van der Waals surface area (Å²) in [4.78, 5) is 10.5. The maximum absolute atomic E-state index is 12.4. The van der Waals surface area contributed by atoms with Gasteiger partial charge in [-0.2, -0.15) is 13.2 Å². The van der Waals surface area contributed by atoms with E-state index in [2.05, 4.69) is 6.92 Å². The van der Waals surface area contributed by atoms with Crippen LogP contribution in [0.15, 0.2) is 48.5 Å². The number of unbranched alkanes of at least 4 members (excludes halogenated alkanes) is 1. The maximum Gasteiger partial charge on any atom is 0.416 e. The van der Waals surface area contributed by atoms with E-state index < -0.39 is 11.7 Å². The Balaban J connectivity index is 0.000000321. The molecule has 2 aromatic carbocycles. The number of esters is 1. The first kappa shape index (κ1) is 21.7. The SMILES string of the molecule is CCCCOC(=O)CC.Cc1ccc(-c2ccc(C(F)(F)F)cc2)cc1. The molecule has 2 nitrogen and oxygen atoms in total. The molecular formula is C21H25F3O2. The minimum absolute atomic E-state index is 0.0940. The van der Waals surface area contributed by atoms with E-state index in [1.807, 2.05) is 31.2 Å². The average Bonchev–Trinajstić information content (AvgIpc) is 2.62. The van der Waals surface area contributed by atoms with Crippen LogP contribution < -0.4 is 0 Å². The summed E-state index contributed by atoms with van der Waals surface area (Å²) in [5, 5.41) is 0. The summed E-state index contributed by atoms with van der Waals surface area (Å²) in [6.45, 7) is 6.42. The minimum atomic E-state index is -4.27. The van der Waals surface area contributed by atoms with Gasteiger partial charge in [0.2, 0.25) is 0 Å². The van der Waals surface area contributed by atoms with Gasteiger partial charge in [0.1, 0.15) is 0 Å². The van der Waals surface area contributed by atoms with Gasteiger partial charge in [0, 0.05) is 6.42 Å². The standard InChI is InChI=1S/C14H11F3.C7H14O2/c1-10-2-4-11(5-3-10)12-6-8-13(9-7-12)14(15,16)17;1-3-5-6-9-7(8)4-2/h2-9H,1H3;3-6H2,1-2H3. The lowest BCUT2D eigenvalue weighted by atomic mass is 10.0. The molecule has 0 unspecified atom stereocenters. The molecule has 0 aromatic heterocycles. The second kappa shape index (κ2) is 10.6. The second-order valence-electron chi connectivity index (χ2n) is 5.87. The van der Waals surface area contributed by atoms with E-state index in [-0.39, 0.29) is 5.97 Å². The first-order chi connectivity index (χ1) is 12.3. The fraction of sp³-hybridized carbons (Fsp3) is 0.381. The van der Waals surface area contributed by atoms with Crippen molar-refractivity contribution in [1.29, 1.82) is 0 Å². The largest absolute Gasteiger partial charge is 0.466 e. The molecule has 0 saturated carbocycles. The Bertz CT molecular complexity index is 659. The molecule has 0 aliphatic rings. The highest BCUT2D eigenvalue weighted by Crippen LogP contribution is 2.30. The lowest BCUT2D eigenvalue weighted by Crippen LogP contribution is -2.03. The van der Waals surface area contributed by atoms with Crippen LogP contribution in [0.4, 0.5) is 13.2 Å². The molecule has 2 aromatic rings. The van der Waals surface area contributed by atoms with Crippen molar-refractivity contribution in [3.8, 4) is 11.1 Å². The Morgan fingerprint density at radius 3 is 1.85 bits per heavy atom. The van der Waals surface area contributed by atoms with Gasteiger partial charge < -0.3 is 4.74 Å². The second-order valence-corrected chi connectivity index (χ2v) is 5.87. The number of benzene rings is 2. The predicted molar refractivity (Wildman–Crippen MR) is 97.8 cm³/mol. The molecule has 2 rings (SSSR count). The van der Waals surface area contributed by atoms with Crippen molar-refractivity contribution in [3.63, 3.8) is 0 Å². The highest BCUT2D eigenvalue weighted by atomic mass is 19.4. The van der Waals surface area contributed by atoms with Gasteiger partial charge >= 0.3 is 12.1 Å². The average molecular weight is 366 g/mol. The number of halogens is 3. The van der Waals surface area contributed by atoms with Gasteiger partial charge in [-0.05, 0) is 36.6 Å². The van der Waals surface area contributed by atoms with E-state index in [0.29, 0.717) is 13.0 Å². The number of carbonyl (C=O) groups excluding carboxylic acids is 1. The van der Waals surface area contributed by atoms with Crippen LogP contribution in [0.2, 0.25) is 0 Å². The lowest BCUT2D eigenvalue weighted by molar-refractivity contribution is -0.143. The molecule has 0 atom stereocenters. The number of hydrogen-bond acceptors (Lipinski definition) is 2. The number of ether oxygens (including phenoxy) is 1. The van der Waals surface area contributed by atoms with Crippen LogP contribution >= 0.6 is 0 Å². The van der Waals surface area contributed by atoms with E-state index >= 15 is 0 Å². The van der Waals surface area contributed by atoms with E-state index in [1.165, 1.54) is 12.1 Å². The summed E-state index contributed by atoms with van der Waals surface area (Å²) in [7, 11) is 0. The van der Waals surface area contributed by atoms with Crippen LogP contribution in [-0.4, -0.2) is 12.6 Å². The van der Waals surface area contributed by atoms with Gasteiger partial charge in [-0.15, -0.1) is 0 Å². The summed E-state index contributed by atoms with van der Waals surface area (Å²) in [6.07, 6.45) is -1.72. The first-order valence-electron chi connectivity index (χ1n) is 8.67. The third-order valence-corrected chi connectivity index (χ3v) is 3.65. The van der Waals surface area contributed by atoms with Gasteiger partial charge in [0.15, 0.2) is 0 Å². The highest BCUT2D eigenvalue weighted by molar-refractivity contribution is 5.68. The Hall–Kier alpha value is -2.30. The Labute approximate surface area is 153 Å². The van der Waals surface area contributed by atoms with Gasteiger partial charge in [0.05, 0.1) is 12.2 Å². The number of carbonyl (C=O) groups is 1. The van der Waals surface area contributed by atoms with Crippen LogP contribution in [0, 0.1) is 6.92 Å². The van der Waals surface area contributed by atoms with Crippen LogP contribution in [0.25, 0.3) is 11.1 Å². The normalized spacial score (nSPS) is 10.7. The third-order valence-electron chi connectivity index (χ3n) is 3.65. The molecule has 0 N–H and O–H groups in total. The maximum atomic E-state index is 12.4. The van der Waals surface area contributed by atoms with Crippen LogP contribution in [0.3, 0.4) is 0 Å². The van der Waals surface area contributed by atoms with Crippen LogP contribution in [-0.2, 0) is 15.7 Å². The van der Waals surface area contributed by atoms with Crippen molar-refractivity contribution >= 4 is 5.97 Å². The van der Waals surface area contributed by atoms with Gasteiger partial charge in [-0.1, -0.05) is 62.2 Å². The molecular weight excluding hydrogens is 341 g/mol. The van der Waals surface area contributed by atoms with Crippen molar-refractivity contribution in [2.24, 2.45) is 0 Å². The molecule has 0 aliphatic carbocycles. The van der Waals surface area contributed by atoms with Crippen molar-refractivity contribution in [3.05, 3.63) is 59.7 Å². The molecule has 26 heavy (non-hydrogen) atoms. The fourth-order valence-corrected chi connectivity index (χ4v) is 2.03. The number of rotatable bonds is 5. The molecule has 0 spiro atoms. The molecule has 0 aliphatic heterocycles. The van der Waals surface area contributed by atoms with E-state index in [0.717, 1.165) is 41.7 Å². The summed E-state index contributed by atoms with van der Waals surface area (Å²) in [6, 6.07) is 12.9. The molecule has 0 heterocycles. The predicted octanol–water partition coefficient (Wildman–Crippen LogP) is 6.42. The highest BCUT2D eigenvalue weighted by Gasteiger charge is 2.29. The van der Waals surface area contributed by atoms with Gasteiger partial charge in [-0.25, -0.2) is 0 Å². The van der Waals surface area contributed by atoms with E-state index in [1.54, 1.807) is 6.92 Å². The summed E-state index contributed by atoms with van der Waals surface area (Å²) < 4.78 is 41.9. The Kier molecular flexibility index (Phi) is 8.90. The quantitative estimate of drug-likeness (QED) is 0.451. The zero-order valence-corrected chi connectivity index (χ0v) is 15.4. The molecule has 0 saturated heterocycles. The van der Waals surface area contributed by atoms with Crippen molar-refractivity contribution in [1.82, 2.24) is 0 Å². The summed E-state index contributed by atoms with van der Waals surface area (Å²) in [5.74, 6) is -0.0940. The van der Waals surface area contributed by atoms with Crippen LogP contribution in [0.5, 0.6) is 0 Å². The number of aryl methyl sites for hydroxylation is 1. The first-order valence-corrected chi connectivity index (χ1v) is 8.67. The minimum Gasteiger partial charge on any atom is -0.466 e. The van der Waals surface area contributed by atoms with Crippen molar-refractivity contribution in [2.75, 3.05) is 6.61 Å². The Morgan fingerprint density at radius 1 is 0.923 bits per heavy atom. The topological polar surface area (TPSA) is 26.3 Å². The molecule has 0 fully saturated rings. The van der Waals surface area contributed by atoms with Crippen LogP contribution in [0.1, 0.15) is 44.2 Å². The third kappa shape index (κ3) is 7.72. The van der Waals surface area contributed by atoms with Gasteiger partial charge in [-0.3, -0.25) is 4.79 Å². The lowest BCUT2D eigenvalue weighted by Gasteiger charge is -2.07. The van der Waals surface area contributed by atoms with Crippen molar-refractivity contribution < 1.29 is 22.7 Å².